The van der Waals surface area contributed by atoms with Crippen molar-refractivity contribution in [1.82, 2.24) is 9.80 Å². The van der Waals surface area contributed by atoms with E-state index in [0.717, 1.165) is 32.4 Å². The van der Waals surface area contributed by atoms with E-state index >= 15 is 0 Å². The van der Waals surface area contributed by atoms with Crippen LogP contribution in [0.1, 0.15) is 52.9 Å². The van der Waals surface area contributed by atoms with Crippen LogP contribution in [0.2, 0.25) is 0 Å². The van der Waals surface area contributed by atoms with Gasteiger partial charge in [-0.3, -0.25) is 9.69 Å². The van der Waals surface area contributed by atoms with Crippen LogP contribution in [0.15, 0.2) is 0 Å². The number of hydrogen-bond acceptors (Lipinski definition) is 3. The van der Waals surface area contributed by atoms with Crippen molar-refractivity contribution in [3.05, 3.63) is 0 Å². The molecule has 0 aliphatic carbocycles. The molecule has 118 valence electrons. The van der Waals surface area contributed by atoms with Gasteiger partial charge in [-0.1, -0.05) is 13.3 Å². The van der Waals surface area contributed by atoms with Crippen molar-refractivity contribution < 1.29 is 4.79 Å². The number of rotatable bonds is 4. The maximum absolute atomic E-state index is 12.4. The molecule has 2 bridgehead atoms. The Morgan fingerprint density at radius 1 is 1.25 bits per heavy atom. The molecule has 5 heteroatoms. The van der Waals surface area contributed by atoms with Crippen LogP contribution in [0.5, 0.6) is 0 Å². The van der Waals surface area contributed by atoms with E-state index < -0.39 is 0 Å². The topological polar surface area (TPSA) is 49.6 Å². The van der Waals surface area contributed by atoms with Crippen LogP contribution in [0, 0.1) is 0 Å². The highest BCUT2D eigenvalue weighted by Crippen LogP contribution is 2.32. The van der Waals surface area contributed by atoms with Crippen LogP contribution in [-0.2, 0) is 4.79 Å². The summed E-state index contributed by atoms with van der Waals surface area (Å²) < 4.78 is 0. The summed E-state index contributed by atoms with van der Waals surface area (Å²) in [5.41, 5.74) is 6.00. The number of nitrogens with zero attached hydrogens (tertiary/aromatic N) is 2. The van der Waals surface area contributed by atoms with Crippen molar-refractivity contribution in [3.8, 4) is 0 Å². The van der Waals surface area contributed by atoms with Crippen LogP contribution >= 0.6 is 12.4 Å². The summed E-state index contributed by atoms with van der Waals surface area (Å²) in [6.07, 6.45) is 5.42. The van der Waals surface area contributed by atoms with Crippen molar-refractivity contribution in [2.75, 3.05) is 13.1 Å². The van der Waals surface area contributed by atoms with E-state index in [2.05, 4.69) is 25.7 Å². The molecule has 2 N–H and O–H groups in total. The number of carbonyl (C=O) groups excluding carboxylic acids is 1. The van der Waals surface area contributed by atoms with Gasteiger partial charge in [0.25, 0.3) is 0 Å². The third-order valence-corrected chi connectivity index (χ3v) is 4.66. The zero-order valence-corrected chi connectivity index (χ0v) is 13.9. The first-order valence-corrected chi connectivity index (χ1v) is 7.86. The standard InChI is InChI=1S/C15H29N3O.ClH/c1-4-5-14(16)15(19)17-9-8-12-6-7-13(10-17)18(12)11(2)3;/h11-14H,4-10,16H2,1-3H3;1H. The Morgan fingerprint density at radius 3 is 2.50 bits per heavy atom. The fourth-order valence-corrected chi connectivity index (χ4v) is 3.82. The van der Waals surface area contributed by atoms with Crippen LogP contribution in [-0.4, -0.2) is 53.0 Å². The number of likely N-dealkylation sites (tertiary alicyclic amines) is 1. The lowest BCUT2D eigenvalue weighted by Crippen LogP contribution is -2.48. The van der Waals surface area contributed by atoms with Crippen LogP contribution in [0.4, 0.5) is 0 Å². The Hall–Kier alpha value is -0.320. The van der Waals surface area contributed by atoms with E-state index in [-0.39, 0.29) is 24.4 Å². The smallest absolute Gasteiger partial charge is 0.239 e. The summed E-state index contributed by atoms with van der Waals surface area (Å²) in [5, 5.41) is 0. The minimum absolute atomic E-state index is 0. The van der Waals surface area contributed by atoms with Gasteiger partial charge in [-0.15, -0.1) is 12.4 Å². The Bertz CT molecular complexity index is 324. The Labute approximate surface area is 129 Å². The number of halogens is 1. The SMILES string of the molecule is CCCC(N)C(=O)N1CCC2CCC(C1)N2C(C)C.Cl. The van der Waals surface area contributed by atoms with E-state index in [9.17, 15) is 4.79 Å². The predicted octanol–water partition coefficient (Wildman–Crippen LogP) is 2.01. The number of fused-ring (bicyclic) bond motifs is 2. The van der Waals surface area contributed by atoms with Crippen molar-refractivity contribution >= 4 is 18.3 Å². The maximum atomic E-state index is 12.4. The molecule has 4 nitrogen and oxygen atoms in total. The minimum atomic E-state index is -0.297. The normalized spacial score (nSPS) is 28.1. The lowest BCUT2D eigenvalue weighted by molar-refractivity contribution is -0.133. The summed E-state index contributed by atoms with van der Waals surface area (Å²) >= 11 is 0. The molecule has 20 heavy (non-hydrogen) atoms. The lowest BCUT2D eigenvalue weighted by atomic mass is 10.1. The molecular formula is C15H30ClN3O. The molecule has 0 spiro atoms. The highest BCUT2D eigenvalue weighted by molar-refractivity contribution is 5.85. The average Bonchev–Trinajstić information content (AvgIpc) is 2.64. The zero-order chi connectivity index (χ0) is 14.0. The largest absolute Gasteiger partial charge is 0.340 e. The second-order valence-corrected chi connectivity index (χ2v) is 6.39. The lowest BCUT2D eigenvalue weighted by Gasteiger charge is -2.32. The fourth-order valence-electron chi connectivity index (χ4n) is 3.82. The van der Waals surface area contributed by atoms with Crippen molar-refractivity contribution in [2.45, 2.75) is 77.0 Å². The molecule has 0 aromatic rings. The fraction of sp³-hybridized carbons (Fsp3) is 0.933. The van der Waals surface area contributed by atoms with Crippen LogP contribution in [0.3, 0.4) is 0 Å². The highest BCUT2D eigenvalue weighted by Gasteiger charge is 2.39. The highest BCUT2D eigenvalue weighted by atomic mass is 35.5. The van der Waals surface area contributed by atoms with Gasteiger partial charge < -0.3 is 10.6 Å². The summed E-state index contributed by atoms with van der Waals surface area (Å²) in [6, 6.07) is 1.50. The molecule has 2 heterocycles. The van der Waals surface area contributed by atoms with E-state index in [4.69, 9.17) is 5.73 Å². The van der Waals surface area contributed by atoms with Gasteiger partial charge >= 0.3 is 0 Å². The summed E-state index contributed by atoms with van der Waals surface area (Å²) in [4.78, 5) is 17.0. The Balaban J connectivity index is 0.00000200. The summed E-state index contributed by atoms with van der Waals surface area (Å²) in [7, 11) is 0. The van der Waals surface area contributed by atoms with Gasteiger partial charge in [-0.25, -0.2) is 0 Å². The first-order chi connectivity index (χ1) is 9.04. The molecular weight excluding hydrogens is 274 g/mol. The zero-order valence-electron chi connectivity index (χ0n) is 13.0. The van der Waals surface area contributed by atoms with Gasteiger partial charge in [0.05, 0.1) is 6.04 Å². The number of hydrogen-bond donors (Lipinski definition) is 1. The van der Waals surface area contributed by atoms with E-state index in [1.807, 2.05) is 4.90 Å². The van der Waals surface area contributed by atoms with Gasteiger partial charge in [-0.05, 0) is 39.5 Å². The quantitative estimate of drug-likeness (QED) is 0.864. The third-order valence-electron chi connectivity index (χ3n) is 4.66. The monoisotopic (exact) mass is 303 g/mol. The molecule has 2 saturated heterocycles. The molecule has 2 rings (SSSR count). The molecule has 2 aliphatic heterocycles. The van der Waals surface area contributed by atoms with Crippen LogP contribution < -0.4 is 5.73 Å². The maximum Gasteiger partial charge on any atom is 0.239 e. The Kier molecular flexibility index (Phi) is 6.76. The number of carbonyl (C=O) groups is 1. The molecule has 3 unspecified atom stereocenters. The molecule has 0 saturated carbocycles. The van der Waals surface area contributed by atoms with Gasteiger partial charge in [0, 0.05) is 31.2 Å². The first-order valence-electron chi connectivity index (χ1n) is 7.86. The molecule has 0 radical (unpaired) electrons. The van der Waals surface area contributed by atoms with Gasteiger partial charge in [0.2, 0.25) is 5.91 Å². The van der Waals surface area contributed by atoms with Crippen molar-refractivity contribution in [1.29, 1.82) is 0 Å². The molecule has 2 fully saturated rings. The summed E-state index contributed by atoms with van der Waals surface area (Å²) in [6.45, 7) is 8.39. The molecule has 0 aromatic heterocycles. The number of nitrogens with two attached hydrogens (primary N) is 1. The molecule has 3 atom stereocenters. The van der Waals surface area contributed by atoms with E-state index in [0.29, 0.717) is 18.1 Å². The Morgan fingerprint density at radius 2 is 1.90 bits per heavy atom. The van der Waals surface area contributed by atoms with E-state index in [1.54, 1.807) is 0 Å². The second-order valence-electron chi connectivity index (χ2n) is 6.39. The first kappa shape index (κ1) is 17.7. The van der Waals surface area contributed by atoms with Gasteiger partial charge in [-0.2, -0.15) is 0 Å². The van der Waals surface area contributed by atoms with Crippen LogP contribution in [0.25, 0.3) is 0 Å². The van der Waals surface area contributed by atoms with Gasteiger partial charge in [0.15, 0.2) is 0 Å². The van der Waals surface area contributed by atoms with Crippen molar-refractivity contribution in [3.63, 3.8) is 0 Å². The molecule has 1 amide bonds. The number of amides is 1. The predicted molar refractivity (Wildman–Crippen MR) is 85.1 cm³/mol. The third kappa shape index (κ3) is 3.66. The molecule has 2 aliphatic rings. The van der Waals surface area contributed by atoms with E-state index in [1.165, 1.54) is 12.8 Å². The molecule has 0 aromatic carbocycles. The average molecular weight is 304 g/mol. The van der Waals surface area contributed by atoms with Crippen molar-refractivity contribution in [2.24, 2.45) is 5.73 Å². The minimum Gasteiger partial charge on any atom is -0.340 e. The summed E-state index contributed by atoms with van der Waals surface area (Å²) in [5.74, 6) is 0.165. The van der Waals surface area contributed by atoms with Gasteiger partial charge in [0.1, 0.15) is 0 Å². The second kappa shape index (κ2) is 7.62.